The van der Waals surface area contributed by atoms with E-state index in [0.717, 1.165) is 32.1 Å². The molecule has 2 aliphatic rings. The first-order chi connectivity index (χ1) is 32.4. The van der Waals surface area contributed by atoms with E-state index >= 15 is 0 Å². The number of thiophene rings is 1. The third-order valence-electron chi connectivity index (χ3n) is 12.8. The van der Waals surface area contributed by atoms with Crippen LogP contribution in [0.15, 0.2) is 66.4 Å². The highest BCUT2D eigenvalue weighted by molar-refractivity contribution is 7.10. The molecule has 366 valence electrons. The van der Waals surface area contributed by atoms with Crippen LogP contribution in [0.3, 0.4) is 0 Å². The van der Waals surface area contributed by atoms with Crippen molar-refractivity contribution in [2.75, 3.05) is 32.5 Å². The second-order valence-electron chi connectivity index (χ2n) is 19.1. The Morgan fingerprint density at radius 1 is 0.868 bits per heavy atom. The SMILES string of the molecule is CCC[C@H](CC(=O)[C@@H]1CN(C(=O)Nc2ccccc2)C[C@@H]1NC(=O)[C@@H](CC(=O)[C@@H](NC(=O)c1cnccn1)C1CCCCC1)C(C)(C)C)C(=O)C(=O)CCC(=O)N[C@H](C(=O)N(C)C)c1cccs1. The number of hydrogen-bond acceptors (Lipinski definition) is 12. The minimum Gasteiger partial charge on any atom is -0.351 e. The molecule has 1 saturated heterocycles. The summed E-state index contributed by atoms with van der Waals surface area (Å²) in [5.74, 6) is -7.40. The van der Waals surface area contributed by atoms with Gasteiger partial charge in [-0.1, -0.05) is 77.6 Å². The van der Waals surface area contributed by atoms with Gasteiger partial charge in [-0.2, -0.15) is 0 Å². The fourth-order valence-corrected chi connectivity index (χ4v) is 9.75. The highest BCUT2D eigenvalue weighted by Gasteiger charge is 2.45. The predicted octanol–water partition coefficient (Wildman–Crippen LogP) is 5.73. The van der Waals surface area contributed by atoms with Gasteiger partial charge in [-0.25, -0.2) is 9.78 Å². The lowest BCUT2D eigenvalue weighted by molar-refractivity contribution is -0.141. The van der Waals surface area contributed by atoms with E-state index in [9.17, 15) is 43.2 Å². The molecule has 68 heavy (non-hydrogen) atoms. The average molecular weight is 955 g/mol. The molecular weight excluding hydrogens is 889 g/mol. The van der Waals surface area contributed by atoms with Gasteiger partial charge in [0.15, 0.2) is 11.6 Å². The van der Waals surface area contributed by atoms with Crippen molar-refractivity contribution in [2.24, 2.45) is 29.1 Å². The fraction of sp³-hybridized carbons (Fsp3) is 0.540. The minimum absolute atomic E-state index is 0.0618. The van der Waals surface area contributed by atoms with E-state index in [2.05, 4.69) is 31.2 Å². The number of carbonyl (C=O) groups excluding carboxylic acids is 9. The molecule has 3 heterocycles. The van der Waals surface area contributed by atoms with Crippen LogP contribution in [0.2, 0.25) is 0 Å². The summed E-state index contributed by atoms with van der Waals surface area (Å²) < 4.78 is 0. The van der Waals surface area contributed by atoms with Crippen molar-refractivity contribution >= 4 is 69.8 Å². The zero-order valence-electron chi connectivity index (χ0n) is 40.0. The molecule has 18 heteroatoms. The van der Waals surface area contributed by atoms with Crippen LogP contribution in [0.4, 0.5) is 10.5 Å². The lowest BCUT2D eigenvalue weighted by Gasteiger charge is -2.34. The van der Waals surface area contributed by atoms with Crippen molar-refractivity contribution in [1.82, 2.24) is 35.7 Å². The summed E-state index contributed by atoms with van der Waals surface area (Å²) in [4.78, 5) is 135. The number of ketones is 4. The lowest BCUT2D eigenvalue weighted by atomic mass is 9.74. The van der Waals surface area contributed by atoms with Gasteiger partial charge in [-0.15, -0.1) is 11.3 Å². The number of nitrogens with zero attached hydrogens (tertiary/aromatic N) is 4. The first-order valence-electron chi connectivity index (χ1n) is 23.5. The maximum absolute atomic E-state index is 14.6. The Kier molecular flexibility index (Phi) is 19.2. The highest BCUT2D eigenvalue weighted by Crippen LogP contribution is 2.34. The number of para-hydroxylation sites is 1. The zero-order valence-corrected chi connectivity index (χ0v) is 40.8. The summed E-state index contributed by atoms with van der Waals surface area (Å²) in [7, 11) is 3.14. The molecule has 1 saturated carbocycles. The number of aromatic nitrogens is 2. The van der Waals surface area contributed by atoms with Gasteiger partial charge in [-0.3, -0.25) is 43.3 Å². The molecule has 17 nitrogen and oxygen atoms in total. The molecule has 2 fully saturated rings. The summed E-state index contributed by atoms with van der Waals surface area (Å²) in [6.07, 6.45) is 7.77. The standard InChI is InChI=1S/C50H66N8O9S/c1-7-15-32(45(63)38(59)21-22-42(62)55-44(48(66)57(5)6)41-20-14-25-68-41)26-39(60)34-29-58(49(67)53-33-18-12-9-13-19-33)30-37(34)54-46(64)35(50(2,3)4)27-40(61)43(31-16-10-8-11-17-31)56-47(65)36-28-51-23-24-52-36/h9,12-14,18-20,23-25,28,31-32,34-35,37,43-44H,7-8,10-11,15-17,21-22,26-27,29-30H2,1-6H3,(H,53,67)(H,54,64)(H,55,62)(H,56,65)/t32-,34-,35-,37+,43+,44+/m1/s1. The van der Waals surface area contributed by atoms with E-state index in [-0.39, 0.29) is 62.1 Å². The van der Waals surface area contributed by atoms with Gasteiger partial charge in [0.05, 0.1) is 24.2 Å². The van der Waals surface area contributed by atoms with Crippen LogP contribution in [-0.2, 0) is 33.6 Å². The van der Waals surface area contributed by atoms with Gasteiger partial charge in [0, 0.05) is 87.7 Å². The Hall–Kier alpha value is -6.17. The highest BCUT2D eigenvalue weighted by atomic mass is 32.1. The third kappa shape index (κ3) is 14.7. The fourth-order valence-electron chi connectivity index (χ4n) is 8.98. The van der Waals surface area contributed by atoms with Crippen LogP contribution in [0.25, 0.3) is 0 Å². The first-order valence-corrected chi connectivity index (χ1v) is 24.4. The van der Waals surface area contributed by atoms with Crippen molar-refractivity contribution in [1.29, 1.82) is 0 Å². The quantitative estimate of drug-likeness (QED) is 0.0889. The second-order valence-corrected chi connectivity index (χ2v) is 20.1. The number of urea groups is 1. The number of hydrogen-bond donors (Lipinski definition) is 4. The topological polar surface area (TPSA) is 234 Å². The summed E-state index contributed by atoms with van der Waals surface area (Å²) in [6, 6.07) is 8.97. The predicted molar refractivity (Wildman–Crippen MR) is 256 cm³/mol. The molecule has 5 rings (SSSR count). The summed E-state index contributed by atoms with van der Waals surface area (Å²) >= 11 is 1.30. The number of rotatable bonds is 22. The maximum Gasteiger partial charge on any atom is 0.321 e. The summed E-state index contributed by atoms with van der Waals surface area (Å²) in [5, 5.41) is 13.2. The van der Waals surface area contributed by atoms with Gasteiger partial charge in [-0.05, 0) is 54.2 Å². The molecular formula is C50H66N8O9S. The lowest BCUT2D eigenvalue weighted by Crippen LogP contribution is -2.51. The van der Waals surface area contributed by atoms with E-state index in [0.29, 0.717) is 17.0 Å². The van der Waals surface area contributed by atoms with Crippen molar-refractivity contribution in [3.8, 4) is 0 Å². The van der Waals surface area contributed by atoms with Crippen molar-refractivity contribution in [3.05, 3.63) is 77.0 Å². The van der Waals surface area contributed by atoms with Crippen LogP contribution in [-0.4, -0.2) is 112 Å². The second kappa shape index (κ2) is 24.7. The van der Waals surface area contributed by atoms with E-state index in [1.807, 2.05) is 27.7 Å². The normalized spacial score (nSPS) is 18.0. The molecule has 2 aromatic heterocycles. The Labute approximate surface area is 402 Å². The molecule has 3 aromatic rings. The number of amides is 6. The molecule has 0 unspecified atom stereocenters. The van der Waals surface area contributed by atoms with Crippen LogP contribution >= 0.6 is 11.3 Å². The number of carbonyl (C=O) groups is 9. The molecule has 6 amide bonds. The van der Waals surface area contributed by atoms with E-state index in [1.54, 1.807) is 61.9 Å². The van der Waals surface area contributed by atoms with Crippen LogP contribution in [0, 0.1) is 29.1 Å². The van der Waals surface area contributed by atoms with Crippen LogP contribution in [0.1, 0.15) is 120 Å². The van der Waals surface area contributed by atoms with E-state index in [1.165, 1.54) is 39.7 Å². The zero-order chi connectivity index (χ0) is 49.5. The molecule has 0 bridgehead atoms. The number of benzene rings is 1. The Morgan fingerprint density at radius 3 is 2.21 bits per heavy atom. The maximum atomic E-state index is 14.6. The molecule has 1 aliphatic carbocycles. The summed E-state index contributed by atoms with van der Waals surface area (Å²) in [5.41, 5.74) is -0.182. The monoisotopic (exact) mass is 954 g/mol. The number of likely N-dealkylation sites (tertiary alicyclic amines) is 1. The number of Topliss-reactive ketones (excluding diaryl/α,β-unsaturated/α-hetero) is 4. The van der Waals surface area contributed by atoms with Gasteiger partial charge < -0.3 is 31.1 Å². The van der Waals surface area contributed by atoms with E-state index < -0.39 is 88.8 Å². The molecule has 0 radical (unpaired) electrons. The first kappa shape index (κ1) is 52.8. The largest absolute Gasteiger partial charge is 0.351 e. The molecule has 4 N–H and O–H groups in total. The molecule has 1 aliphatic heterocycles. The Morgan fingerprint density at radius 2 is 1.59 bits per heavy atom. The van der Waals surface area contributed by atoms with Gasteiger partial charge >= 0.3 is 6.03 Å². The van der Waals surface area contributed by atoms with Crippen molar-refractivity contribution < 1.29 is 43.2 Å². The molecule has 0 spiro atoms. The van der Waals surface area contributed by atoms with E-state index in [4.69, 9.17) is 0 Å². The summed E-state index contributed by atoms with van der Waals surface area (Å²) in [6.45, 7) is 7.16. The average Bonchev–Trinajstić information content (AvgIpc) is 4.02. The number of likely N-dealkylation sites (N-methyl/N-ethyl adjacent to an activating group) is 1. The van der Waals surface area contributed by atoms with Crippen LogP contribution in [0.5, 0.6) is 0 Å². The van der Waals surface area contributed by atoms with Crippen molar-refractivity contribution in [2.45, 2.75) is 116 Å². The Balaban J connectivity index is 1.32. The Bertz CT molecular complexity index is 2240. The van der Waals surface area contributed by atoms with Gasteiger partial charge in [0.1, 0.15) is 17.5 Å². The van der Waals surface area contributed by atoms with Gasteiger partial charge in [0.25, 0.3) is 5.91 Å². The van der Waals surface area contributed by atoms with Gasteiger partial charge in [0.2, 0.25) is 23.5 Å². The number of anilines is 1. The number of nitrogens with one attached hydrogen (secondary N) is 4. The smallest absolute Gasteiger partial charge is 0.321 e. The van der Waals surface area contributed by atoms with Crippen molar-refractivity contribution in [3.63, 3.8) is 0 Å². The van der Waals surface area contributed by atoms with Crippen LogP contribution < -0.4 is 21.3 Å². The minimum atomic E-state index is -1.02. The molecule has 6 atom stereocenters. The third-order valence-corrected chi connectivity index (χ3v) is 13.8. The molecule has 1 aromatic carbocycles.